The third-order valence-electron chi connectivity index (χ3n) is 3.63. The number of nitrogens with one attached hydrogen (secondary N) is 1. The summed E-state index contributed by atoms with van der Waals surface area (Å²) in [5.41, 5.74) is 1.11. The van der Waals surface area contributed by atoms with Crippen molar-refractivity contribution in [2.75, 3.05) is 17.4 Å². The lowest BCUT2D eigenvalue weighted by Crippen LogP contribution is -2.41. The smallest absolute Gasteiger partial charge is 0.264 e. The number of amides is 1. The molecule has 5 nitrogen and oxygen atoms in total. The highest BCUT2D eigenvalue weighted by molar-refractivity contribution is 7.92. The van der Waals surface area contributed by atoms with E-state index in [2.05, 4.69) is 5.32 Å². The van der Waals surface area contributed by atoms with Crippen LogP contribution in [0.4, 0.5) is 5.69 Å². The Morgan fingerprint density at radius 1 is 1.16 bits per heavy atom. The number of hydrogen-bond donors (Lipinski definition) is 1. The second-order valence-electron chi connectivity index (χ2n) is 5.61. The van der Waals surface area contributed by atoms with Gasteiger partial charge in [-0.15, -0.1) is 0 Å². The van der Waals surface area contributed by atoms with Crippen LogP contribution in [0.25, 0.3) is 0 Å². The lowest BCUT2D eigenvalue weighted by atomic mass is 10.2. The zero-order valence-electron chi connectivity index (χ0n) is 14.2. The number of hydrogen-bond acceptors (Lipinski definition) is 3. The Bertz CT molecular complexity index is 839. The van der Waals surface area contributed by atoms with E-state index in [1.54, 1.807) is 43.3 Å². The van der Waals surface area contributed by atoms with Gasteiger partial charge in [-0.25, -0.2) is 8.42 Å². The van der Waals surface area contributed by atoms with Crippen molar-refractivity contribution in [2.24, 2.45) is 0 Å². The van der Waals surface area contributed by atoms with Gasteiger partial charge in [-0.1, -0.05) is 42.8 Å². The van der Waals surface area contributed by atoms with E-state index in [1.165, 1.54) is 12.1 Å². The summed E-state index contributed by atoms with van der Waals surface area (Å²) < 4.78 is 27.3. The molecule has 0 aliphatic rings. The average molecular weight is 381 g/mol. The van der Waals surface area contributed by atoms with Gasteiger partial charge >= 0.3 is 0 Å². The average Bonchev–Trinajstić information content (AvgIpc) is 2.60. The van der Waals surface area contributed by atoms with Crippen LogP contribution in [0.3, 0.4) is 0 Å². The Kier molecular flexibility index (Phi) is 6.45. The molecule has 0 saturated heterocycles. The molecule has 0 bridgehead atoms. The fourth-order valence-electron chi connectivity index (χ4n) is 2.32. The molecule has 0 unspecified atom stereocenters. The Morgan fingerprint density at radius 2 is 1.84 bits per heavy atom. The van der Waals surface area contributed by atoms with E-state index in [0.29, 0.717) is 22.8 Å². The van der Waals surface area contributed by atoms with Gasteiger partial charge in [-0.05, 0) is 43.2 Å². The molecule has 0 atom stereocenters. The van der Waals surface area contributed by atoms with E-state index in [4.69, 9.17) is 11.6 Å². The number of nitrogens with zero attached hydrogens (tertiary/aromatic N) is 1. The molecule has 0 saturated carbocycles. The molecule has 2 aromatic rings. The number of rotatable bonds is 7. The molecular formula is C18H21ClN2O3S. The van der Waals surface area contributed by atoms with Crippen LogP contribution < -0.4 is 9.62 Å². The number of carbonyl (C=O) groups is 1. The number of halogens is 1. The standard InChI is InChI=1S/C18H21ClN2O3S/c1-3-11-20-18(22)13-21(17-12-15(19)10-9-14(17)2)25(23,24)16-7-5-4-6-8-16/h4-10,12H,3,11,13H2,1-2H3,(H,20,22). The molecule has 2 aromatic carbocycles. The van der Waals surface area contributed by atoms with E-state index < -0.39 is 10.0 Å². The van der Waals surface area contributed by atoms with Crippen molar-refractivity contribution >= 4 is 33.2 Å². The first kappa shape index (κ1) is 19.3. The lowest BCUT2D eigenvalue weighted by Gasteiger charge is -2.25. The van der Waals surface area contributed by atoms with E-state index >= 15 is 0 Å². The van der Waals surface area contributed by atoms with Crippen LogP contribution in [0.1, 0.15) is 18.9 Å². The van der Waals surface area contributed by atoms with Crippen LogP contribution in [0.5, 0.6) is 0 Å². The SMILES string of the molecule is CCCNC(=O)CN(c1cc(Cl)ccc1C)S(=O)(=O)c1ccccc1. The van der Waals surface area contributed by atoms with Gasteiger partial charge in [0.25, 0.3) is 10.0 Å². The van der Waals surface area contributed by atoms with Gasteiger partial charge in [0.1, 0.15) is 6.54 Å². The van der Waals surface area contributed by atoms with Crippen molar-refractivity contribution in [3.63, 3.8) is 0 Å². The predicted octanol–water partition coefficient (Wildman–Crippen LogP) is 3.37. The normalized spacial score (nSPS) is 11.2. The molecule has 0 aliphatic carbocycles. The summed E-state index contributed by atoms with van der Waals surface area (Å²) in [5, 5.41) is 3.12. The number of sulfonamides is 1. The van der Waals surface area contributed by atoms with E-state index in [9.17, 15) is 13.2 Å². The molecule has 2 rings (SSSR count). The van der Waals surface area contributed by atoms with E-state index in [1.807, 2.05) is 6.92 Å². The quantitative estimate of drug-likeness (QED) is 0.800. The molecule has 0 heterocycles. The first-order chi connectivity index (χ1) is 11.9. The van der Waals surface area contributed by atoms with Gasteiger partial charge in [0.2, 0.25) is 5.91 Å². The Labute approximate surface area is 153 Å². The molecule has 0 aliphatic heterocycles. The first-order valence-corrected chi connectivity index (χ1v) is 9.78. The van der Waals surface area contributed by atoms with Gasteiger partial charge in [0, 0.05) is 11.6 Å². The number of carbonyl (C=O) groups excluding carboxylic acids is 1. The van der Waals surface area contributed by atoms with E-state index in [-0.39, 0.29) is 17.3 Å². The summed E-state index contributed by atoms with van der Waals surface area (Å²) in [6.45, 7) is 3.90. The summed E-state index contributed by atoms with van der Waals surface area (Å²) in [4.78, 5) is 12.3. The number of benzene rings is 2. The van der Waals surface area contributed by atoms with Crippen molar-refractivity contribution in [3.05, 3.63) is 59.1 Å². The minimum absolute atomic E-state index is 0.123. The third kappa shape index (κ3) is 4.74. The minimum atomic E-state index is -3.90. The van der Waals surface area contributed by atoms with Crippen LogP contribution in [0.2, 0.25) is 5.02 Å². The van der Waals surface area contributed by atoms with Gasteiger partial charge in [0.05, 0.1) is 10.6 Å². The fourth-order valence-corrected chi connectivity index (χ4v) is 3.99. The van der Waals surface area contributed by atoms with Gasteiger partial charge in [0.15, 0.2) is 0 Å². The van der Waals surface area contributed by atoms with E-state index in [0.717, 1.165) is 10.7 Å². The van der Waals surface area contributed by atoms with Crippen molar-refractivity contribution in [1.29, 1.82) is 0 Å². The van der Waals surface area contributed by atoms with Crippen LogP contribution in [-0.2, 0) is 14.8 Å². The van der Waals surface area contributed by atoms with Crippen molar-refractivity contribution in [1.82, 2.24) is 5.32 Å². The highest BCUT2D eigenvalue weighted by atomic mass is 35.5. The predicted molar refractivity (Wildman–Crippen MR) is 100 cm³/mol. The summed E-state index contributed by atoms with van der Waals surface area (Å²) in [6.07, 6.45) is 0.771. The Morgan fingerprint density at radius 3 is 2.48 bits per heavy atom. The summed E-state index contributed by atoms with van der Waals surface area (Å²) >= 11 is 6.06. The number of anilines is 1. The summed E-state index contributed by atoms with van der Waals surface area (Å²) in [6, 6.07) is 13.0. The van der Waals surface area contributed by atoms with Gasteiger partial charge < -0.3 is 5.32 Å². The summed E-state index contributed by atoms with van der Waals surface area (Å²) in [7, 11) is -3.90. The summed E-state index contributed by atoms with van der Waals surface area (Å²) in [5.74, 6) is -0.360. The highest BCUT2D eigenvalue weighted by Gasteiger charge is 2.28. The van der Waals surface area contributed by atoms with Crippen LogP contribution >= 0.6 is 11.6 Å². The number of aryl methyl sites for hydroxylation is 1. The Hall–Kier alpha value is -2.05. The third-order valence-corrected chi connectivity index (χ3v) is 5.64. The maximum absolute atomic E-state index is 13.1. The highest BCUT2D eigenvalue weighted by Crippen LogP contribution is 2.29. The second-order valence-corrected chi connectivity index (χ2v) is 7.90. The molecule has 0 aromatic heterocycles. The molecule has 134 valence electrons. The molecule has 7 heteroatoms. The van der Waals surface area contributed by atoms with Crippen LogP contribution in [-0.4, -0.2) is 27.4 Å². The minimum Gasteiger partial charge on any atom is -0.355 e. The van der Waals surface area contributed by atoms with Crippen LogP contribution in [0.15, 0.2) is 53.4 Å². The maximum atomic E-state index is 13.1. The molecule has 0 spiro atoms. The monoisotopic (exact) mass is 380 g/mol. The van der Waals surface area contributed by atoms with Gasteiger partial charge in [-0.2, -0.15) is 0 Å². The molecule has 0 radical (unpaired) electrons. The maximum Gasteiger partial charge on any atom is 0.264 e. The molecule has 25 heavy (non-hydrogen) atoms. The molecule has 1 N–H and O–H groups in total. The topological polar surface area (TPSA) is 66.5 Å². The van der Waals surface area contributed by atoms with Crippen molar-refractivity contribution in [2.45, 2.75) is 25.2 Å². The van der Waals surface area contributed by atoms with Crippen LogP contribution in [0, 0.1) is 6.92 Å². The van der Waals surface area contributed by atoms with Crippen molar-refractivity contribution in [3.8, 4) is 0 Å². The zero-order chi connectivity index (χ0) is 18.4. The fraction of sp³-hybridized carbons (Fsp3) is 0.278. The Balaban J connectivity index is 2.49. The largest absolute Gasteiger partial charge is 0.355 e. The molecule has 0 fully saturated rings. The first-order valence-electron chi connectivity index (χ1n) is 7.97. The molecule has 1 amide bonds. The lowest BCUT2D eigenvalue weighted by molar-refractivity contribution is -0.119. The second kappa shape index (κ2) is 8.36. The van der Waals surface area contributed by atoms with Gasteiger partial charge in [-0.3, -0.25) is 9.10 Å². The molecular weight excluding hydrogens is 360 g/mol. The zero-order valence-corrected chi connectivity index (χ0v) is 15.8. The van der Waals surface area contributed by atoms with Crippen molar-refractivity contribution < 1.29 is 13.2 Å².